The zero-order chi connectivity index (χ0) is 22.9. The molecule has 1 aliphatic heterocycles. The number of nitrogens with zero attached hydrogens (tertiary/aromatic N) is 4. The van der Waals surface area contributed by atoms with Crippen LogP contribution < -0.4 is 16.2 Å². The zero-order valence-electron chi connectivity index (χ0n) is 18.3. The lowest BCUT2D eigenvalue weighted by Crippen LogP contribution is -2.42. The van der Waals surface area contributed by atoms with E-state index in [4.69, 9.17) is 16.3 Å². The standard InChI is InChI=1S/C23H23ClN6O2S/c1-13-28-20(12-33-13)14-3-4-17(19(24)8-14)18-7-15-9-27-23(25-2)29-21(15)30(22(18)31)11-16-10-26-5-6-32-16/h3-4,7-9,12,16,26H,5-6,10-11H2,1-2H3,(H,25,27,29). The molecule has 2 N–H and O–H groups in total. The first-order chi connectivity index (χ1) is 16.0. The molecule has 0 amide bonds. The average molecular weight is 483 g/mol. The molecule has 1 atom stereocenters. The normalized spacial score (nSPS) is 16.3. The van der Waals surface area contributed by atoms with Crippen LogP contribution in [0.2, 0.25) is 5.02 Å². The number of benzene rings is 1. The molecule has 10 heteroatoms. The van der Waals surface area contributed by atoms with E-state index >= 15 is 0 Å². The maximum Gasteiger partial charge on any atom is 0.260 e. The first-order valence-electron chi connectivity index (χ1n) is 10.7. The Labute approximate surface area is 199 Å². The minimum atomic E-state index is -0.170. The molecule has 4 heterocycles. The molecule has 5 rings (SSSR count). The van der Waals surface area contributed by atoms with E-state index in [9.17, 15) is 4.79 Å². The van der Waals surface area contributed by atoms with Gasteiger partial charge in [-0.2, -0.15) is 4.98 Å². The van der Waals surface area contributed by atoms with Crippen LogP contribution in [-0.4, -0.2) is 52.4 Å². The third-order valence-corrected chi connectivity index (χ3v) is 6.70. The van der Waals surface area contributed by atoms with Crippen LogP contribution in [0, 0.1) is 6.92 Å². The van der Waals surface area contributed by atoms with Crippen molar-refractivity contribution in [2.24, 2.45) is 0 Å². The highest BCUT2D eigenvalue weighted by Crippen LogP contribution is 2.32. The van der Waals surface area contributed by atoms with Gasteiger partial charge in [-0.25, -0.2) is 9.97 Å². The lowest BCUT2D eigenvalue weighted by atomic mass is 10.0. The van der Waals surface area contributed by atoms with Gasteiger partial charge in [0.2, 0.25) is 5.95 Å². The molecule has 0 aliphatic carbocycles. The molecule has 0 saturated carbocycles. The number of anilines is 1. The highest BCUT2D eigenvalue weighted by atomic mass is 35.5. The van der Waals surface area contributed by atoms with Crippen LogP contribution in [0.5, 0.6) is 0 Å². The van der Waals surface area contributed by atoms with Crippen LogP contribution in [0.15, 0.2) is 40.6 Å². The van der Waals surface area contributed by atoms with Crippen molar-refractivity contribution in [1.82, 2.24) is 24.8 Å². The molecule has 1 aromatic carbocycles. The molecule has 1 fully saturated rings. The van der Waals surface area contributed by atoms with E-state index in [2.05, 4.69) is 25.6 Å². The van der Waals surface area contributed by atoms with Gasteiger partial charge in [0.1, 0.15) is 5.65 Å². The summed E-state index contributed by atoms with van der Waals surface area (Å²) in [6.45, 7) is 4.43. The maximum absolute atomic E-state index is 13.7. The van der Waals surface area contributed by atoms with Crippen molar-refractivity contribution in [1.29, 1.82) is 0 Å². The molecular formula is C23H23ClN6O2S. The van der Waals surface area contributed by atoms with Crippen molar-refractivity contribution >= 4 is 39.9 Å². The maximum atomic E-state index is 13.7. The largest absolute Gasteiger partial charge is 0.374 e. The fraction of sp³-hybridized carbons (Fsp3) is 0.304. The third-order valence-electron chi connectivity index (χ3n) is 5.62. The number of rotatable bonds is 5. The molecular weight excluding hydrogens is 460 g/mol. The van der Waals surface area contributed by atoms with Gasteiger partial charge in [-0.05, 0) is 19.1 Å². The highest BCUT2D eigenvalue weighted by molar-refractivity contribution is 7.09. The fourth-order valence-electron chi connectivity index (χ4n) is 3.97. The second kappa shape index (κ2) is 9.18. The Morgan fingerprint density at radius 3 is 2.88 bits per heavy atom. The van der Waals surface area contributed by atoms with Gasteiger partial charge in [-0.1, -0.05) is 23.7 Å². The Morgan fingerprint density at radius 1 is 1.30 bits per heavy atom. The van der Waals surface area contributed by atoms with E-state index in [-0.39, 0.29) is 11.7 Å². The van der Waals surface area contributed by atoms with Gasteiger partial charge < -0.3 is 15.4 Å². The van der Waals surface area contributed by atoms with Crippen LogP contribution in [0.3, 0.4) is 0 Å². The summed E-state index contributed by atoms with van der Waals surface area (Å²) in [5.74, 6) is 0.451. The smallest absolute Gasteiger partial charge is 0.260 e. The first-order valence-corrected chi connectivity index (χ1v) is 11.9. The monoisotopic (exact) mass is 482 g/mol. The number of thiazole rings is 1. The highest BCUT2D eigenvalue weighted by Gasteiger charge is 2.20. The van der Waals surface area contributed by atoms with Gasteiger partial charge in [0, 0.05) is 58.8 Å². The Balaban J connectivity index is 1.63. The van der Waals surface area contributed by atoms with Gasteiger partial charge in [0.25, 0.3) is 5.56 Å². The Morgan fingerprint density at radius 2 is 2.18 bits per heavy atom. The summed E-state index contributed by atoms with van der Waals surface area (Å²) in [5, 5.41) is 10.5. The number of hydrogen-bond acceptors (Lipinski definition) is 8. The quantitative estimate of drug-likeness (QED) is 0.449. The predicted octanol–water partition coefficient (Wildman–Crippen LogP) is 3.57. The first kappa shape index (κ1) is 22.0. The number of morpholine rings is 1. The molecule has 1 unspecified atom stereocenters. The molecule has 0 radical (unpaired) electrons. The molecule has 3 aromatic heterocycles. The lowest BCUT2D eigenvalue weighted by molar-refractivity contribution is 0.0183. The number of aromatic nitrogens is 4. The molecule has 0 bridgehead atoms. The van der Waals surface area contributed by atoms with E-state index < -0.39 is 0 Å². The van der Waals surface area contributed by atoms with Crippen LogP contribution in [-0.2, 0) is 11.3 Å². The Hall–Kier alpha value is -2.85. The predicted molar refractivity (Wildman–Crippen MR) is 132 cm³/mol. The minimum absolute atomic E-state index is 0.131. The van der Waals surface area contributed by atoms with Crippen molar-refractivity contribution in [3.63, 3.8) is 0 Å². The summed E-state index contributed by atoms with van der Waals surface area (Å²) in [6.07, 6.45) is 1.59. The van der Waals surface area contributed by atoms with E-state index in [0.29, 0.717) is 47.4 Å². The van der Waals surface area contributed by atoms with Gasteiger partial charge in [-0.3, -0.25) is 9.36 Å². The molecule has 4 aromatic rings. The second-order valence-corrected chi connectivity index (χ2v) is 9.31. The number of fused-ring (bicyclic) bond motifs is 1. The topological polar surface area (TPSA) is 94.0 Å². The van der Waals surface area contributed by atoms with Gasteiger partial charge in [-0.15, -0.1) is 11.3 Å². The number of hydrogen-bond donors (Lipinski definition) is 2. The summed E-state index contributed by atoms with van der Waals surface area (Å²) in [7, 11) is 1.75. The summed E-state index contributed by atoms with van der Waals surface area (Å²) in [6, 6.07) is 7.48. The van der Waals surface area contributed by atoms with E-state index in [1.807, 2.05) is 36.6 Å². The van der Waals surface area contributed by atoms with Crippen molar-refractivity contribution in [2.75, 3.05) is 32.1 Å². The summed E-state index contributed by atoms with van der Waals surface area (Å²) in [5.41, 5.74) is 3.33. The number of ether oxygens (including phenoxy) is 1. The SMILES string of the molecule is CNc1ncc2cc(-c3ccc(-c4csc(C)n4)cc3Cl)c(=O)n(CC3CNCCO3)c2n1. The summed E-state index contributed by atoms with van der Waals surface area (Å²) < 4.78 is 7.53. The minimum Gasteiger partial charge on any atom is -0.374 e. The molecule has 170 valence electrons. The third kappa shape index (κ3) is 4.37. The molecule has 1 aliphatic rings. The van der Waals surface area contributed by atoms with Crippen molar-refractivity contribution in [3.8, 4) is 22.4 Å². The summed E-state index contributed by atoms with van der Waals surface area (Å²) in [4.78, 5) is 27.1. The van der Waals surface area contributed by atoms with E-state index in [1.54, 1.807) is 29.1 Å². The van der Waals surface area contributed by atoms with Gasteiger partial charge in [0.15, 0.2) is 0 Å². The molecule has 8 nitrogen and oxygen atoms in total. The lowest BCUT2D eigenvalue weighted by Gasteiger charge is -2.25. The average Bonchev–Trinajstić information content (AvgIpc) is 3.27. The molecule has 1 saturated heterocycles. The number of pyridine rings is 1. The van der Waals surface area contributed by atoms with Gasteiger partial charge >= 0.3 is 0 Å². The fourth-order valence-corrected chi connectivity index (χ4v) is 4.88. The Kier molecular flexibility index (Phi) is 6.11. The van der Waals surface area contributed by atoms with Crippen LogP contribution in [0.4, 0.5) is 5.95 Å². The van der Waals surface area contributed by atoms with Crippen molar-refractivity contribution in [2.45, 2.75) is 19.6 Å². The Bertz CT molecular complexity index is 1380. The number of aryl methyl sites for hydroxylation is 1. The zero-order valence-corrected chi connectivity index (χ0v) is 19.8. The van der Waals surface area contributed by atoms with Crippen LogP contribution >= 0.6 is 22.9 Å². The van der Waals surface area contributed by atoms with Crippen LogP contribution in [0.1, 0.15) is 5.01 Å². The van der Waals surface area contributed by atoms with E-state index in [1.165, 1.54) is 0 Å². The number of nitrogens with one attached hydrogen (secondary N) is 2. The second-order valence-electron chi connectivity index (χ2n) is 7.84. The number of halogens is 1. The van der Waals surface area contributed by atoms with E-state index in [0.717, 1.165) is 28.2 Å². The van der Waals surface area contributed by atoms with Crippen LogP contribution in [0.25, 0.3) is 33.4 Å². The summed E-state index contributed by atoms with van der Waals surface area (Å²) >= 11 is 8.27. The molecule has 33 heavy (non-hydrogen) atoms. The van der Waals surface area contributed by atoms with Crippen molar-refractivity contribution in [3.05, 3.63) is 56.2 Å². The van der Waals surface area contributed by atoms with Gasteiger partial charge in [0.05, 0.1) is 30.0 Å². The van der Waals surface area contributed by atoms with Crippen molar-refractivity contribution < 1.29 is 4.74 Å². The molecule has 0 spiro atoms.